The Balaban J connectivity index is 2.35. The standard InChI is InChI=1S/C18H22O6/c1-21-13-7-5-11(6-8-13)16(19)17(20)12-9-14(22-2)18(24-4)15(10-12)23-3/h5-10,16-17,19-20H,1-4H3/t16-,17-/m0/s1. The fourth-order valence-corrected chi connectivity index (χ4v) is 2.44. The largest absolute Gasteiger partial charge is 0.497 e. The molecule has 6 nitrogen and oxygen atoms in total. The van der Waals surface area contributed by atoms with E-state index in [4.69, 9.17) is 18.9 Å². The van der Waals surface area contributed by atoms with Crippen molar-refractivity contribution in [1.29, 1.82) is 0 Å². The van der Waals surface area contributed by atoms with Gasteiger partial charge in [0.2, 0.25) is 5.75 Å². The van der Waals surface area contributed by atoms with E-state index in [-0.39, 0.29) is 0 Å². The van der Waals surface area contributed by atoms with Crippen molar-refractivity contribution in [1.82, 2.24) is 0 Å². The van der Waals surface area contributed by atoms with Crippen LogP contribution < -0.4 is 18.9 Å². The molecule has 130 valence electrons. The number of rotatable bonds is 7. The summed E-state index contributed by atoms with van der Waals surface area (Å²) < 4.78 is 20.9. The van der Waals surface area contributed by atoms with Crippen LogP contribution >= 0.6 is 0 Å². The second kappa shape index (κ2) is 7.90. The Bertz CT molecular complexity index is 643. The van der Waals surface area contributed by atoms with E-state index in [1.54, 1.807) is 43.5 Å². The van der Waals surface area contributed by atoms with E-state index in [1.165, 1.54) is 21.3 Å². The summed E-state index contributed by atoms with van der Waals surface area (Å²) in [5.41, 5.74) is 1.02. The molecule has 6 heteroatoms. The summed E-state index contributed by atoms with van der Waals surface area (Å²) in [7, 11) is 6.06. The molecule has 0 aliphatic rings. The second-order valence-electron chi connectivity index (χ2n) is 5.12. The Hall–Kier alpha value is -2.44. The van der Waals surface area contributed by atoms with Crippen molar-refractivity contribution in [3.8, 4) is 23.0 Å². The predicted octanol–water partition coefficient (Wildman–Crippen LogP) is 2.49. The first kappa shape index (κ1) is 17.9. The lowest BCUT2D eigenvalue weighted by atomic mass is 9.97. The minimum atomic E-state index is -1.16. The van der Waals surface area contributed by atoms with Gasteiger partial charge in [-0.15, -0.1) is 0 Å². The average molecular weight is 334 g/mol. The third kappa shape index (κ3) is 3.55. The number of benzene rings is 2. The fourth-order valence-electron chi connectivity index (χ4n) is 2.44. The average Bonchev–Trinajstić information content (AvgIpc) is 2.65. The van der Waals surface area contributed by atoms with Crippen molar-refractivity contribution in [2.45, 2.75) is 12.2 Å². The molecule has 0 bridgehead atoms. The van der Waals surface area contributed by atoms with Gasteiger partial charge in [0.15, 0.2) is 11.5 Å². The third-order valence-electron chi connectivity index (χ3n) is 3.78. The Morgan fingerprint density at radius 3 is 1.58 bits per heavy atom. The second-order valence-corrected chi connectivity index (χ2v) is 5.12. The van der Waals surface area contributed by atoms with Crippen LogP contribution in [0.5, 0.6) is 23.0 Å². The molecule has 0 aliphatic heterocycles. The van der Waals surface area contributed by atoms with Crippen LogP contribution in [-0.4, -0.2) is 38.7 Å². The van der Waals surface area contributed by atoms with Gasteiger partial charge in [-0.3, -0.25) is 0 Å². The Kier molecular flexibility index (Phi) is 5.89. The number of hydrogen-bond donors (Lipinski definition) is 2. The molecule has 0 saturated carbocycles. The topological polar surface area (TPSA) is 77.4 Å². The molecule has 0 heterocycles. The molecule has 0 saturated heterocycles. The van der Waals surface area contributed by atoms with E-state index in [0.29, 0.717) is 34.1 Å². The van der Waals surface area contributed by atoms with Crippen LogP contribution in [0.1, 0.15) is 23.3 Å². The van der Waals surface area contributed by atoms with E-state index in [1.807, 2.05) is 0 Å². The molecule has 0 radical (unpaired) electrons. The van der Waals surface area contributed by atoms with Crippen molar-refractivity contribution in [2.75, 3.05) is 28.4 Å². The maximum absolute atomic E-state index is 10.5. The summed E-state index contributed by atoms with van der Waals surface area (Å²) in [5.74, 6) is 1.92. The van der Waals surface area contributed by atoms with Gasteiger partial charge in [-0.1, -0.05) is 12.1 Å². The van der Waals surface area contributed by atoms with Crippen LogP contribution in [0.4, 0.5) is 0 Å². The van der Waals surface area contributed by atoms with Gasteiger partial charge in [0.25, 0.3) is 0 Å². The molecule has 2 atom stereocenters. The van der Waals surface area contributed by atoms with Gasteiger partial charge in [-0.2, -0.15) is 0 Å². The number of aliphatic hydroxyl groups excluding tert-OH is 2. The van der Waals surface area contributed by atoms with Gasteiger partial charge < -0.3 is 29.2 Å². The summed E-state index contributed by atoms with van der Waals surface area (Å²) in [5, 5.41) is 21.0. The number of methoxy groups -OCH3 is 4. The lowest BCUT2D eigenvalue weighted by Gasteiger charge is -2.21. The molecule has 2 aromatic rings. The quantitative estimate of drug-likeness (QED) is 0.810. The van der Waals surface area contributed by atoms with Crippen LogP contribution in [0.15, 0.2) is 36.4 Å². The summed E-state index contributed by atoms with van der Waals surface area (Å²) in [6.07, 6.45) is -2.27. The molecule has 2 N–H and O–H groups in total. The molecule has 0 aromatic heterocycles. The van der Waals surface area contributed by atoms with Crippen molar-refractivity contribution < 1.29 is 29.2 Å². The summed E-state index contributed by atoms with van der Waals surface area (Å²) in [6.45, 7) is 0. The number of aliphatic hydroxyl groups is 2. The first-order valence-corrected chi connectivity index (χ1v) is 7.35. The summed E-state index contributed by atoms with van der Waals surface area (Å²) in [4.78, 5) is 0. The van der Waals surface area contributed by atoms with Crippen LogP contribution in [0.3, 0.4) is 0 Å². The van der Waals surface area contributed by atoms with Crippen LogP contribution in [-0.2, 0) is 0 Å². The van der Waals surface area contributed by atoms with Crippen LogP contribution in [0, 0.1) is 0 Å². The zero-order valence-corrected chi connectivity index (χ0v) is 14.1. The van der Waals surface area contributed by atoms with Crippen molar-refractivity contribution in [3.63, 3.8) is 0 Å². The number of hydrogen-bond acceptors (Lipinski definition) is 6. The summed E-state index contributed by atoms with van der Waals surface area (Å²) in [6, 6.07) is 10.1. The molecule has 0 unspecified atom stereocenters. The van der Waals surface area contributed by atoms with Crippen molar-refractivity contribution in [2.24, 2.45) is 0 Å². The van der Waals surface area contributed by atoms with Crippen LogP contribution in [0.2, 0.25) is 0 Å². The highest BCUT2D eigenvalue weighted by Gasteiger charge is 2.24. The molecule has 0 amide bonds. The number of ether oxygens (including phenoxy) is 4. The van der Waals surface area contributed by atoms with E-state index in [0.717, 1.165) is 0 Å². The van der Waals surface area contributed by atoms with Gasteiger partial charge in [0.1, 0.15) is 18.0 Å². The Labute approximate surface area is 141 Å². The highest BCUT2D eigenvalue weighted by atomic mass is 16.5. The fraction of sp³-hybridized carbons (Fsp3) is 0.333. The maximum Gasteiger partial charge on any atom is 0.203 e. The minimum absolute atomic E-state index is 0.410. The molecule has 0 fully saturated rings. The lowest BCUT2D eigenvalue weighted by Crippen LogP contribution is -2.11. The van der Waals surface area contributed by atoms with Crippen molar-refractivity contribution in [3.05, 3.63) is 47.5 Å². The summed E-state index contributed by atoms with van der Waals surface area (Å²) >= 11 is 0. The van der Waals surface area contributed by atoms with E-state index >= 15 is 0 Å². The molecule has 2 rings (SSSR count). The smallest absolute Gasteiger partial charge is 0.203 e. The van der Waals surface area contributed by atoms with Gasteiger partial charge in [-0.05, 0) is 35.4 Å². The predicted molar refractivity (Wildman–Crippen MR) is 89.0 cm³/mol. The zero-order chi connectivity index (χ0) is 17.7. The maximum atomic E-state index is 10.5. The van der Waals surface area contributed by atoms with Crippen LogP contribution in [0.25, 0.3) is 0 Å². The Morgan fingerprint density at radius 2 is 1.17 bits per heavy atom. The lowest BCUT2D eigenvalue weighted by molar-refractivity contribution is 0.0169. The van der Waals surface area contributed by atoms with E-state index < -0.39 is 12.2 Å². The van der Waals surface area contributed by atoms with E-state index in [9.17, 15) is 10.2 Å². The zero-order valence-electron chi connectivity index (χ0n) is 14.1. The highest BCUT2D eigenvalue weighted by Crippen LogP contribution is 2.41. The molecule has 0 spiro atoms. The minimum Gasteiger partial charge on any atom is -0.497 e. The van der Waals surface area contributed by atoms with Gasteiger partial charge in [0, 0.05) is 0 Å². The third-order valence-corrected chi connectivity index (χ3v) is 3.78. The molecule has 24 heavy (non-hydrogen) atoms. The monoisotopic (exact) mass is 334 g/mol. The van der Waals surface area contributed by atoms with Gasteiger partial charge in [-0.25, -0.2) is 0 Å². The van der Waals surface area contributed by atoms with E-state index in [2.05, 4.69) is 0 Å². The SMILES string of the molecule is COc1ccc([C@H](O)[C@@H](O)c2cc(OC)c(OC)c(OC)c2)cc1. The molecule has 2 aromatic carbocycles. The molecular formula is C18H22O6. The molecular weight excluding hydrogens is 312 g/mol. The first-order chi connectivity index (χ1) is 11.5. The van der Waals surface area contributed by atoms with Gasteiger partial charge in [0.05, 0.1) is 28.4 Å². The first-order valence-electron chi connectivity index (χ1n) is 7.35. The highest BCUT2D eigenvalue weighted by molar-refractivity contribution is 5.54. The Morgan fingerprint density at radius 1 is 0.667 bits per heavy atom. The van der Waals surface area contributed by atoms with Crippen molar-refractivity contribution >= 4 is 0 Å². The normalized spacial score (nSPS) is 13.1. The van der Waals surface area contributed by atoms with Gasteiger partial charge >= 0.3 is 0 Å². The molecule has 0 aliphatic carbocycles.